The van der Waals surface area contributed by atoms with Crippen molar-refractivity contribution < 1.29 is 28.2 Å². The van der Waals surface area contributed by atoms with E-state index in [1.807, 2.05) is 41.3 Å². The summed E-state index contributed by atoms with van der Waals surface area (Å²) in [4.78, 5) is 33.7. The largest absolute Gasteiger partial charge is 0.490 e. The number of aromatic nitrogens is 3. The van der Waals surface area contributed by atoms with Gasteiger partial charge in [0, 0.05) is 58.5 Å². The molecule has 1 atom stereocenters. The molecule has 46 heavy (non-hydrogen) atoms. The van der Waals surface area contributed by atoms with Crippen LogP contribution in [-0.2, 0) is 24.4 Å². The van der Waals surface area contributed by atoms with Crippen molar-refractivity contribution in [2.75, 3.05) is 20.3 Å². The Kier molecular flexibility index (Phi) is 7.41. The Morgan fingerprint density at radius 3 is 2.76 bits per heavy atom. The second-order valence-corrected chi connectivity index (χ2v) is 12.4. The highest BCUT2D eigenvalue weighted by atomic mass is 32.1. The van der Waals surface area contributed by atoms with Crippen LogP contribution in [0.25, 0.3) is 43.9 Å². The third-order valence-corrected chi connectivity index (χ3v) is 9.39. The van der Waals surface area contributed by atoms with Gasteiger partial charge in [-0.3, -0.25) is 14.3 Å². The van der Waals surface area contributed by atoms with Gasteiger partial charge in [-0.1, -0.05) is 12.6 Å². The topological polar surface area (TPSA) is 101 Å². The molecule has 0 radical (unpaired) electrons. The van der Waals surface area contributed by atoms with Gasteiger partial charge in [-0.05, 0) is 48.2 Å². The third kappa shape index (κ3) is 4.85. The Labute approximate surface area is 267 Å². The molecule has 5 aromatic rings. The van der Waals surface area contributed by atoms with Crippen molar-refractivity contribution in [1.29, 1.82) is 0 Å². The summed E-state index contributed by atoms with van der Waals surface area (Å²) in [5, 5.41) is 17.0. The van der Waals surface area contributed by atoms with E-state index < -0.39 is 11.6 Å². The van der Waals surface area contributed by atoms with Crippen LogP contribution in [0, 0.1) is 11.6 Å². The van der Waals surface area contributed by atoms with Gasteiger partial charge in [0.1, 0.15) is 35.4 Å². The molecule has 0 fully saturated rings. The molecule has 0 saturated carbocycles. The van der Waals surface area contributed by atoms with Gasteiger partial charge in [0.05, 0.1) is 36.6 Å². The first kappa shape index (κ1) is 29.8. The lowest BCUT2D eigenvalue weighted by Gasteiger charge is -2.33. The number of hydrogen-bond acceptors (Lipinski definition) is 7. The number of rotatable bonds is 7. The molecule has 0 bridgehead atoms. The first-order valence-corrected chi connectivity index (χ1v) is 15.6. The van der Waals surface area contributed by atoms with E-state index in [1.165, 1.54) is 17.4 Å². The normalized spacial score (nSPS) is 15.8. The van der Waals surface area contributed by atoms with Gasteiger partial charge in [-0.25, -0.2) is 13.8 Å². The zero-order valence-corrected chi connectivity index (χ0v) is 25.9. The molecule has 1 N–H and O–H groups in total. The Balaban J connectivity index is 1.49. The van der Waals surface area contributed by atoms with Crippen molar-refractivity contribution in [2.45, 2.75) is 32.6 Å². The van der Waals surface area contributed by atoms with E-state index in [0.717, 1.165) is 34.3 Å². The quantitative estimate of drug-likeness (QED) is 0.231. The van der Waals surface area contributed by atoms with Gasteiger partial charge in [-0.15, -0.1) is 11.3 Å². The Hall–Kier alpha value is -4.94. The molecule has 0 spiro atoms. The van der Waals surface area contributed by atoms with Crippen LogP contribution >= 0.6 is 11.3 Å². The number of fused-ring (bicyclic) bond motifs is 3. The number of halogens is 2. The maximum atomic E-state index is 15.9. The fourth-order valence-electron chi connectivity index (χ4n) is 6.29. The molecule has 0 aliphatic carbocycles. The van der Waals surface area contributed by atoms with E-state index in [4.69, 9.17) is 14.8 Å². The number of ether oxygens (including phenoxy) is 1. The summed E-state index contributed by atoms with van der Waals surface area (Å²) in [7, 11) is 1.75. The van der Waals surface area contributed by atoms with Crippen LogP contribution in [0.3, 0.4) is 0 Å². The molecule has 0 saturated heterocycles. The van der Waals surface area contributed by atoms with E-state index in [1.54, 1.807) is 22.9 Å². The first-order valence-electron chi connectivity index (χ1n) is 14.7. The molecule has 12 heteroatoms. The van der Waals surface area contributed by atoms with Crippen molar-refractivity contribution in [3.05, 3.63) is 89.0 Å². The monoisotopic (exact) mass is 641 g/mol. The van der Waals surface area contributed by atoms with Gasteiger partial charge < -0.3 is 19.6 Å². The molecular formula is C34H29F2N5O4S. The number of nitrogens with zero attached hydrogens (tertiary/aromatic N) is 5. The number of carbonyl (C=O) groups is 2. The van der Waals surface area contributed by atoms with Gasteiger partial charge in [0.2, 0.25) is 5.91 Å². The highest BCUT2D eigenvalue weighted by molar-refractivity contribution is 7.18. The van der Waals surface area contributed by atoms with E-state index in [2.05, 4.69) is 6.58 Å². The van der Waals surface area contributed by atoms with Crippen molar-refractivity contribution >= 4 is 33.2 Å². The Morgan fingerprint density at radius 2 is 1.98 bits per heavy atom. The predicted octanol–water partition coefficient (Wildman–Crippen LogP) is 5.65. The maximum Gasteiger partial charge on any atom is 0.254 e. The number of benzene rings is 2. The number of aliphatic hydroxyl groups excluding tert-OH is 1. The number of hydrogen-bond donors (Lipinski definition) is 1. The summed E-state index contributed by atoms with van der Waals surface area (Å²) >= 11 is 1.37. The molecule has 3 aromatic heterocycles. The minimum atomic E-state index is -0.849. The number of pyridine rings is 1. The zero-order chi connectivity index (χ0) is 32.3. The van der Waals surface area contributed by atoms with Gasteiger partial charge >= 0.3 is 0 Å². The average Bonchev–Trinajstić information content (AvgIpc) is 3.75. The lowest BCUT2D eigenvalue weighted by atomic mass is 9.95. The van der Waals surface area contributed by atoms with Crippen molar-refractivity contribution in [1.82, 2.24) is 24.6 Å². The molecule has 5 heterocycles. The van der Waals surface area contributed by atoms with Crippen LogP contribution in [0.15, 0.2) is 60.5 Å². The standard InChI is InChI=1S/C34H29F2N5O4S/c1-4-28(43)40-17-22-14-26(38-41(22)15-18(40)2)32-30(29-25(36)12-21(35)13-27(29)45-9-8-42)33-24(7-10-46-33)31(37-32)19-5-6-23-20(11-19)16-39(3)34(23)44/h4-7,10-14,18,42H,1,8-9,15-17H2,2-3H3. The lowest BCUT2D eigenvalue weighted by molar-refractivity contribution is -0.129. The van der Waals surface area contributed by atoms with Gasteiger partial charge in [0.25, 0.3) is 5.91 Å². The van der Waals surface area contributed by atoms with Crippen LogP contribution in [0.4, 0.5) is 8.78 Å². The Bertz CT molecular complexity index is 2070. The number of amides is 2. The minimum absolute atomic E-state index is 0.000302. The molecule has 2 aromatic carbocycles. The highest BCUT2D eigenvalue weighted by Crippen LogP contribution is 2.47. The molecule has 2 aliphatic rings. The summed E-state index contributed by atoms with van der Waals surface area (Å²) in [5.41, 5.74) is 4.82. The zero-order valence-electron chi connectivity index (χ0n) is 25.1. The summed E-state index contributed by atoms with van der Waals surface area (Å²) < 4.78 is 38.6. The highest BCUT2D eigenvalue weighted by Gasteiger charge is 2.31. The molecule has 9 nitrogen and oxygen atoms in total. The van der Waals surface area contributed by atoms with Gasteiger partial charge in [-0.2, -0.15) is 5.10 Å². The van der Waals surface area contributed by atoms with Crippen LogP contribution in [0.2, 0.25) is 0 Å². The molecule has 2 aliphatic heterocycles. The first-order chi connectivity index (χ1) is 22.2. The van der Waals surface area contributed by atoms with Gasteiger partial charge in [0.15, 0.2) is 0 Å². The van der Waals surface area contributed by atoms with E-state index in [9.17, 15) is 19.1 Å². The van der Waals surface area contributed by atoms with Crippen LogP contribution in [0.1, 0.15) is 28.5 Å². The fraction of sp³-hybridized carbons (Fsp3) is 0.235. The van der Waals surface area contributed by atoms with Crippen molar-refractivity contribution in [2.24, 2.45) is 0 Å². The molecule has 2 amide bonds. The second-order valence-electron chi connectivity index (χ2n) is 11.4. The van der Waals surface area contributed by atoms with E-state index in [0.29, 0.717) is 52.5 Å². The van der Waals surface area contributed by atoms with Crippen LogP contribution < -0.4 is 4.74 Å². The average molecular weight is 642 g/mol. The number of aliphatic hydroxyl groups is 1. The smallest absolute Gasteiger partial charge is 0.254 e. The molecule has 234 valence electrons. The van der Waals surface area contributed by atoms with Crippen molar-refractivity contribution in [3.63, 3.8) is 0 Å². The molecule has 7 rings (SSSR count). The SMILES string of the molecule is C=CC(=O)N1Cc2cc(-c3nc(-c4ccc5c(c4)CN(C)C5=O)c4ccsc4c3-c3c(F)cc(F)cc3OCCO)nn2CC1C. The third-order valence-electron chi connectivity index (χ3n) is 8.45. The summed E-state index contributed by atoms with van der Waals surface area (Å²) in [6.45, 7) is 6.24. The summed E-state index contributed by atoms with van der Waals surface area (Å²) in [6, 6.07) is 11.1. The summed E-state index contributed by atoms with van der Waals surface area (Å²) in [5.74, 6) is -1.98. The number of carbonyl (C=O) groups excluding carboxylic acids is 2. The number of thiophene rings is 1. The van der Waals surface area contributed by atoms with E-state index in [-0.39, 0.29) is 42.4 Å². The summed E-state index contributed by atoms with van der Waals surface area (Å²) in [6.07, 6.45) is 1.28. The molecule has 1 unspecified atom stereocenters. The maximum absolute atomic E-state index is 15.9. The second kappa shape index (κ2) is 11.5. The predicted molar refractivity (Wildman–Crippen MR) is 170 cm³/mol. The minimum Gasteiger partial charge on any atom is -0.490 e. The van der Waals surface area contributed by atoms with Crippen LogP contribution in [0.5, 0.6) is 5.75 Å². The van der Waals surface area contributed by atoms with E-state index >= 15 is 4.39 Å². The molecular weight excluding hydrogens is 612 g/mol. The van der Waals surface area contributed by atoms with Crippen molar-refractivity contribution in [3.8, 4) is 39.5 Å². The Morgan fingerprint density at radius 1 is 1.15 bits per heavy atom. The fourth-order valence-corrected chi connectivity index (χ4v) is 7.23. The van der Waals surface area contributed by atoms with Crippen LogP contribution in [-0.4, -0.2) is 67.8 Å². The lowest BCUT2D eigenvalue weighted by Crippen LogP contribution is -2.44.